The highest BCUT2D eigenvalue weighted by atomic mass is 16.4. The molecule has 1 aliphatic carbocycles. The van der Waals surface area contributed by atoms with Gasteiger partial charge in [0.05, 0.1) is 5.56 Å². The van der Waals surface area contributed by atoms with Crippen molar-refractivity contribution in [2.45, 2.75) is 46.1 Å². The molecule has 0 aliphatic heterocycles. The molecule has 0 spiro atoms. The molecular weight excluding hydrogens is 238 g/mol. The maximum atomic E-state index is 11.3. The molecule has 1 fully saturated rings. The standard InChI is InChI=1S/C16H23NO2/c1-10-4-7-14(16(18)19)15(8-10)17-13-6-5-11(2)12(3)9-13/h4,7-8,11-13,17H,5-6,9H2,1-3H3,(H,18,19). The van der Waals surface area contributed by atoms with Crippen molar-refractivity contribution in [1.82, 2.24) is 0 Å². The van der Waals surface area contributed by atoms with Gasteiger partial charge in [-0.25, -0.2) is 4.79 Å². The molecule has 0 saturated heterocycles. The van der Waals surface area contributed by atoms with Gasteiger partial charge in [0.1, 0.15) is 0 Å². The highest BCUT2D eigenvalue weighted by Crippen LogP contribution is 2.31. The van der Waals surface area contributed by atoms with Crippen LogP contribution in [0.5, 0.6) is 0 Å². The van der Waals surface area contributed by atoms with Crippen molar-refractivity contribution in [1.29, 1.82) is 0 Å². The second kappa shape index (κ2) is 5.64. The van der Waals surface area contributed by atoms with Gasteiger partial charge in [-0.1, -0.05) is 19.9 Å². The fourth-order valence-electron chi connectivity index (χ4n) is 2.86. The summed E-state index contributed by atoms with van der Waals surface area (Å²) in [5.74, 6) is 0.610. The Bertz CT molecular complexity index is 470. The Balaban J connectivity index is 2.14. The third-order valence-electron chi connectivity index (χ3n) is 4.36. The lowest BCUT2D eigenvalue weighted by molar-refractivity contribution is 0.0698. The topological polar surface area (TPSA) is 49.3 Å². The van der Waals surface area contributed by atoms with Crippen molar-refractivity contribution in [3.05, 3.63) is 29.3 Å². The molecule has 0 amide bonds. The number of aryl methyl sites for hydroxylation is 1. The Morgan fingerprint density at radius 1 is 1.26 bits per heavy atom. The molecule has 1 saturated carbocycles. The Kier molecular flexibility index (Phi) is 4.13. The Morgan fingerprint density at radius 3 is 2.63 bits per heavy atom. The van der Waals surface area contributed by atoms with Gasteiger partial charge in [-0.3, -0.25) is 0 Å². The molecule has 1 aromatic carbocycles. The monoisotopic (exact) mass is 261 g/mol. The first-order valence-electron chi connectivity index (χ1n) is 7.08. The van der Waals surface area contributed by atoms with E-state index in [1.54, 1.807) is 6.07 Å². The fourth-order valence-corrected chi connectivity index (χ4v) is 2.86. The molecule has 3 atom stereocenters. The van der Waals surface area contributed by atoms with Gasteiger partial charge in [-0.2, -0.15) is 0 Å². The van der Waals surface area contributed by atoms with E-state index < -0.39 is 5.97 Å². The third kappa shape index (κ3) is 3.28. The summed E-state index contributed by atoms with van der Waals surface area (Å²) in [6, 6.07) is 5.87. The predicted molar refractivity (Wildman–Crippen MR) is 77.7 cm³/mol. The van der Waals surface area contributed by atoms with Crippen molar-refractivity contribution in [3.8, 4) is 0 Å². The van der Waals surface area contributed by atoms with E-state index in [2.05, 4.69) is 19.2 Å². The van der Waals surface area contributed by atoms with E-state index in [1.165, 1.54) is 6.42 Å². The van der Waals surface area contributed by atoms with Crippen LogP contribution < -0.4 is 5.32 Å². The number of carbonyl (C=O) groups is 1. The number of aromatic carboxylic acids is 1. The van der Waals surface area contributed by atoms with Crippen LogP contribution in [0.3, 0.4) is 0 Å². The van der Waals surface area contributed by atoms with Crippen LogP contribution in [0.1, 0.15) is 49.0 Å². The molecule has 3 unspecified atom stereocenters. The van der Waals surface area contributed by atoms with E-state index in [0.29, 0.717) is 17.5 Å². The van der Waals surface area contributed by atoms with E-state index >= 15 is 0 Å². The summed E-state index contributed by atoms with van der Waals surface area (Å²) < 4.78 is 0. The average molecular weight is 261 g/mol. The second-order valence-corrected chi connectivity index (χ2v) is 5.96. The van der Waals surface area contributed by atoms with Crippen LogP contribution in [-0.4, -0.2) is 17.1 Å². The van der Waals surface area contributed by atoms with Crippen LogP contribution in [0, 0.1) is 18.8 Å². The van der Waals surface area contributed by atoms with Gasteiger partial charge in [-0.15, -0.1) is 0 Å². The van der Waals surface area contributed by atoms with Gasteiger partial charge in [-0.05, 0) is 55.7 Å². The fraction of sp³-hybridized carbons (Fsp3) is 0.562. The van der Waals surface area contributed by atoms with Crippen molar-refractivity contribution in [2.24, 2.45) is 11.8 Å². The molecule has 3 nitrogen and oxygen atoms in total. The summed E-state index contributed by atoms with van der Waals surface area (Å²) >= 11 is 0. The average Bonchev–Trinajstić information content (AvgIpc) is 2.33. The van der Waals surface area contributed by atoms with Crippen molar-refractivity contribution in [2.75, 3.05) is 5.32 Å². The summed E-state index contributed by atoms with van der Waals surface area (Å²) in [6.07, 6.45) is 3.46. The van der Waals surface area contributed by atoms with Crippen LogP contribution >= 0.6 is 0 Å². The smallest absolute Gasteiger partial charge is 0.337 e. The van der Waals surface area contributed by atoms with E-state index in [9.17, 15) is 9.90 Å². The molecule has 104 valence electrons. The molecule has 1 aliphatic rings. The number of benzene rings is 1. The zero-order valence-corrected chi connectivity index (χ0v) is 11.9. The first-order chi connectivity index (χ1) is 8.97. The van der Waals surface area contributed by atoms with Crippen molar-refractivity contribution < 1.29 is 9.90 Å². The SMILES string of the molecule is Cc1ccc(C(=O)O)c(NC2CCC(C)C(C)C2)c1. The highest BCUT2D eigenvalue weighted by molar-refractivity contribution is 5.94. The van der Waals surface area contributed by atoms with E-state index in [-0.39, 0.29) is 0 Å². The number of carboxylic acids is 1. The van der Waals surface area contributed by atoms with Crippen molar-refractivity contribution in [3.63, 3.8) is 0 Å². The predicted octanol–water partition coefficient (Wildman–Crippen LogP) is 3.93. The van der Waals surface area contributed by atoms with Crippen LogP contribution in [-0.2, 0) is 0 Å². The minimum absolute atomic E-state index is 0.372. The quantitative estimate of drug-likeness (QED) is 0.866. The van der Waals surface area contributed by atoms with E-state index in [0.717, 1.165) is 30.0 Å². The zero-order valence-electron chi connectivity index (χ0n) is 11.9. The number of rotatable bonds is 3. The lowest BCUT2D eigenvalue weighted by atomic mass is 9.79. The van der Waals surface area contributed by atoms with Crippen LogP contribution in [0.25, 0.3) is 0 Å². The minimum atomic E-state index is -0.861. The maximum absolute atomic E-state index is 11.3. The Hall–Kier alpha value is -1.51. The number of hydrogen-bond donors (Lipinski definition) is 2. The molecule has 2 N–H and O–H groups in total. The minimum Gasteiger partial charge on any atom is -0.478 e. The molecule has 19 heavy (non-hydrogen) atoms. The second-order valence-electron chi connectivity index (χ2n) is 5.96. The van der Waals surface area contributed by atoms with Crippen LogP contribution in [0.15, 0.2) is 18.2 Å². The van der Waals surface area contributed by atoms with E-state index in [1.807, 2.05) is 19.1 Å². The normalized spacial score (nSPS) is 27.0. The summed E-state index contributed by atoms with van der Waals surface area (Å²) in [4.78, 5) is 11.3. The molecule has 0 bridgehead atoms. The van der Waals surface area contributed by atoms with Crippen LogP contribution in [0.4, 0.5) is 5.69 Å². The van der Waals surface area contributed by atoms with Gasteiger partial charge >= 0.3 is 5.97 Å². The zero-order chi connectivity index (χ0) is 14.0. The largest absolute Gasteiger partial charge is 0.478 e. The van der Waals surface area contributed by atoms with Gasteiger partial charge in [0.15, 0.2) is 0 Å². The third-order valence-corrected chi connectivity index (χ3v) is 4.36. The Morgan fingerprint density at radius 2 is 2.00 bits per heavy atom. The van der Waals surface area contributed by atoms with Crippen LogP contribution in [0.2, 0.25) is 0 Å². The van der Waals surface area contributed by atoms with Crippen molar-refractivity contribution >= 4 is 11.7 Å². The van der Waals surface area contributed by atoms with Gasteiger partial charge < -0.3 is 10.4 Å². The molecule has 0 aromatic heterocycles. The molecule has 3 heteroatoms. The first kappa shape index (κ1) is 13.9. The molecule has 0 heterocycles. The molecule has 2 rings (SSSR count). The van der Waals surface area contributed by atoms with Gasteiger partial charge in [0.2, 0.25) is 0 Å². The molecule has 0 radical (unpaired) electrons. The summed E-state index contributed by atoms with van der Waals surface area (Å²) in [6.45, 7) is 6.57. The number of anilines is 1. The summed E-state index contributed by atoms with van der Waals surface area (Å²) in [5, 5.41) is 12.7. The maximum Gasteiger partial charge on any atom is 0.337 e. The van der Waals surface area contributed by atoms with E-state index in [4.69, 9.17) is 0 Å². The summed E-state index contributed by atoms with van der Waals surface area (Å²) in [5.41, 5.74) is 2.22. The van der Waals surface area contributed by atoms with Gasteiger partial charge in [0, 0.05) is 11.7 Å². The lowest BCUT2D eigenvalue weighted by Crippen LogP contribution is -2.30. The summed E-state index contributed by atoms with van der Waals surface area (Å²) in [7, 11) is 0. The number of carboxylic acid groups (broad SMARTS) is 1. The molecular formula is C16H23NO2. The first-order valence-corrected chi connectivity index (χ1v) is 7.08. The molecule has 1 aromatic rings. The number of hydrogen-bond acceptors (Lipinski definition) is 2. The Labute approximate surface area is 115 Å². The number of nitrogens with one attached hydrogen (secondary N) is 1. The van der Waals surface area contributed by atoms with Gasteiger partial charge in [0.25, 0.3) is 0 Å². The highest BCUT2D eigenvalue weighted by Gasteiger charge is 2.25. The lowest BCUT2D eigenvalue weighted by Gasteiger charge is -2.33.